The summed E-state index contributed by atoms with van der Waals surface area (Å²) in [7, 11) is 2.87. The second kappa shape index (κ2) is 3.73. The SMILES string of the molecule is COC(=O)c1cc2c(c(F)nn2C)c(N)c1C. The molecule has 0 bridgehead atoms. The van der Waals surface area contributed by atoms with Gasteiger partial charge in [-0.1, -0.05) is 0 Å². The molecular weight excluding hydrogens is 225 g/mol. The molecule has 0 aliphatic heterocycles. The van der Waals surface area contributed by atoms with Gasteiger partial charge in [-0.25, -0.2) is 4.79 Å². The number of esters is 1. The van der Waals surface area contributed by atoms with Crippen molar-refractivity contribution < 1.29 is 13.9 Å². The average molecular weight is 237 g/mol. The van der Waals surface area contributed by atoms with Crippen molar-refractivity contribution in [3.63, 3.8) is 0 Å². The normalized spacial score (nSPS) is 10.8. The Morgan fingerprint density at radius 3 is 2.82 bits per heavy atom. The minimum Gasteiger partial charge on any atom is -0.465 e. The molecule has 0 radical (unpaired) electrons. The number of aryl methyl sites for hydroxylation is 1. The van der Waals surface area contributed by atoms with E-state index in [0.29, 0.717) is 16.6 Å². The molecule has 2 rings (SSSR count). The van der Waals surface area contributed by atoms with Gasteiger partial charge in [0.05, 0.1) is 23.6 Å². The molecule has 1 aromatic heterocycles. The van der Waals surface area contributed by atoms with Crippen LogP contribution >= 0.6 is 0 Å². The lowest BCUT2D eigenvalue weighted by Crippen LogP contribution is -2.07. The Morgan fingerprint density at radius 2 is 2.24 bits per heavy atom. The number of rotatable bonds is 1. The van der Waals surface area contributed by atoms with Crippen molar-refractivity contribution in [1.29, 1.82) is 0 Å². The van der Waals surface area contributed by atoms with E-state index < -0.39 is 11.9 Å². The van der Waals surface area contributed by atoms with Crippen molar-refractivity contribution in [1.82, 2.24) is 9.78 Å². The maximum absolute atomic E-state index is 13.5. The number of aromatic nitrogens is 2. The first-order chi connectivity index (χ1) is 7.97. The topological polar surface area (TPSA) is 70.1 Å². The van der Waals surface area contributed by atoms with Gasteiger partial charge in [0.1, 0.15) is 0 Å². The smallest absolute Gasteiger partial charge is 0.338 e. The monoisotopic (exact) mass is 237 g/mol. The fraction of sp³-hybridized carbons (Fsp3) is 0.273. The third kappa shape index (κ3) is 1.52. The van der Waals surface area contributed by atoms with Crippen LogP contribution in [0.5, 0.6) is 0 Å². The fourth-order valence-electron chi connectivity index (χ4n) is 1.82. The molecule has 5 nitrogen and oxygen atoms in total. The van der Waals surface area contributed by atoms with E-state index in [9.17, 15) is 9.18 Å². The standard InChI is InChI=1S/C11H12FN3O2/c1-5-6(11(16)17-3)4-7-8(9(5)13)10(12)14-15(7)2/h4H,13H2,1-3H3. The molecule has 0 saturated heterocycles. The number of carbonyl (C=O) groups is 1. The van der Waals surface area contributed by atoms with Crippen LogP contribution < -0.4 is 5.73 Å². The highest BCUT2D eigenvalue weighted by Crippen LogP contribution is 2.29. The van der Waals surface area contributed by atoms with Gasteiger partial charge in [-0.2, -0.15) is 4.39 Å². The first-order valence-electron chi connectivity index (χ1n) is 4.97. The highest BCUT2D eigenvalue weighted by molar-refractivity contribution is 6.02. The first-order valence-corrected chi connectivity index (χ1v) is 4.97. The number of fused-ring (bicyclic) bond motifs is 1. The Bertz CT molecular complexity index is 619. The molecule has 0 amide bonds. The summed E-state index contributed by atoms with van der Waals surface area (Å²) in [6.07, 6.45) is 0. The largest absolute Gasteiger partial charge is 0.465 e. The highest BCUT2D eigenvalue weighted by atomic mass is 19.1. The number of hydrogen-bond acceptors (Lipinski definition) is 4. The summed E-state index contributed by atoms with van der Waals surface area (Å²) < 4.78 is 19.5. The van der Waals surface area contributed by atoms with Crippen molar-refractivity contribution in [2.75, 3.05) is 12.8 Å². The van der Waals surface area contributed by atoms with Gasteiger partial charge in [-0.05, 0) is 18.6 Å². The van der Waals surface area contributed by atoms with Gasteiger partial charge >= 0.3 is 5.97 Å². The number of ether oxygens (including phenoxy) is 1. The van der Waals surface area contributed by atoms with Gasteiger partial charge in [0.2, 0.25) is 5.95 Å². The van der Waals surface area contributed by atoms with Crippen molar-refractivity contribution in [3.8, 4) is 0 Å². The molecule has 17 heavy (non-hydrogen) atoms. The van der Waals surface area contributed by atoms with Gasteiger partial charge in [-0.3, -0.25) is 4.68 Å². The van der Waals surface area contributed by atoms with Crippen LogP contribution in [0.1, 0.15) is 15.9 Å². The molecule has 0 spiro atoms. The predicted octanol–water partition coefficient (Wildman–Crippen LogP) is 1.39. The van der Waals surface area contributed by atoms with E-state index in [2.05, 4.69) is 9.84 Å². The molecule has 0 atom stereocenters. The molecule has 1 heterocycles. The van der Waals surface area contributed by atoms with Crippen molar-refractivity contribution in [2.45, 2.75) is 6.92 Å². The summed E-state index contributed by atoms with van der Waals surface area (Å²) in [4.78, 5) is 11.5. The number of benzene rings is 1. The van der Waals surface area contributed by atoms with Crippen LogP contribution in [0.4, 0.5) is 10.1 Å². The van der Waals surface area contributed by atoms with E-state index in [4.69, 9.17) is 5.73 Å². The Morgan fingerprint density at radius 1 is 1.59 bits per heavy atom. The highest BCUT2D eigenvalue weighted by Gasteiger charge is 2.19. The maximum Gasteiger partial charge on any atom is 0.338 e. The quantitative estimate of drug-likeness (QED) is 0.601. The second-order valence-electron chi connectivity index (χ2n) is 3.76. The molecule has 2 aromatic rings. The lowest BCUT2D eigenvalue weighted by atomic mass is 10.0. The van der Waals surface area contributed by atoms with Gasteiger partial charge in [0, 0.05) is 12.7 Å². The Labute approximate surface area is 97.0 Å². The summed E-state index contributed by atoms with van der Waals surface area (Å²) >= 11 is 0. The van der Waals surface area contributed by atoms with E-state index in [-0.39, 0.29) is 11.1 Å². The third-order valence-corrected chi connectivity index (χ3v) is 2.81. The summed E-state index contributed by atoms with van der Waals surface area (Å²) in [6.45, 7) is 1.65. The minimum absolute atomic E-state index is 0.216. The van der Waals surface area contributed by atoms with Crippen molar-refractivity contribution in [3.05, 3.63) is 23.1 Å². The number of methoxy groups -OCH3 is 1. The third-order valence-electron chi connectivity index (χ3n) is 2.81. The van der Waals surface area contributed by atoms with Crippen LogP contribution in [0, 0.1) is 12.9 Å². The summed E-state index contributed by atoms with van der Waals surface area (Å²) in [6, 6.07) is 1.53. The molecule has 6 heteroatoms. The zero-order valence-electron chi connectivity index (χ0n) is 9.74. The summed E-state index contributed by atoms with van der Waals surface area (Å²) in [5, 5.41) is 3.87. The molecule has 0 unspecified atom stereocenters. The van der Waals surface area contributed by atoms with E-state index >= 15 is 0 Å². The van der Waals surface area contributed by atoms with Crippen LogP contribution in [-0.2, 0) is 11.8 Å². The molecule has 0 saturated carbocycles. The Balaban J connectivity index is 2.87. The van der Waals surface area contributed by atoms with Crippen LogP contribution in [-0.4, -0.2) is 22.9 Å². The lowest BCUT2D eigenvalue weighted by molar-refractivity contribution is 0.0600. The number of nitrogens with two attached hydrogens (primary N) is 1. The fourth-order valence-corrected chi connectivity index (χ4v) is 1.82. The Kier molecular flexibility index (Phi) is 2.49. The van der Waals surface area contributed by atoms with Crippen LogP contribution in [0.2, 0.25) is 0 Å². The first kappa shape index (κ1) is 11.4. The van der Waals surface area contributed by atoms with Crippen molar-refractivity contribution in [2.24, 2.45) is 7.05 Å². The molecule has 1 aromatic carbocycles. The van der Waals surface area contributed by atoms with Crippen LogP contribution in [0.3, 0.4) is 0 Å². The van der Waals surface area contributed by atoms with E-state index in [1.165, 1.54) is 17.9 Å². The molecular formula is C11H12FN3O2. The predicted molar refractivity (Wildman–Crippen MR) is 61.2 cm³/mol. The van der Waals surface area contributed by atoms with E-state index in [1.54, 1.807) is 14.0 Å². The number of carbonyl (C=O) groups excluding carboxylic acids is 1. The van der Waals surface area contributed by atoms with Gasteiger partial charge in [0.25, 0.3) is 0 Å². The van der Waals surface area contributed by atoms with Crippen LogP contribution in [0.25, 0.3) is 10.9 Å². The van der Waals surface area contributed by atoms with Gasteiger partial charge < -0.3 is 10.5 Å². The van der Waals surface area contributed by atoms with Crippen LogP contribution in [0.15, 0.2) is 6.07 Å². The molecule has 90 valence electrons. The van der Waals surface area contributed by atoms with E-state index in [0.717, 1.165) is 0 Å². The summed E-state index contributed by atoms with van der Waals surface area (Å²) in [5.74, 6) is -1.14. The minimum atomic E-state index is -0.639. The molecule has 0 aliphatic rings. The zero-order chi connectivity index (χ0) is 12.7. The van der Waals surface area contributed by atoms with Gasteiger partial charge in [-0.15, -0.1) is 5.10 Å². The molecule has 2 N–H and O–H groups in total. The summed E-state index contributed by atoms with van der Waals surface area (Å²) in [5.41, 5.74) is 7.32. The molecule has 0 aliphatic carbocycles. The zero-order valence-corrected chi connectivity index (χ0v) is 9.74. The Hall–Kier alpha value is -2.11. The molecule has 0 fully saturated rings. The number of hydrogen-bond donors (Lipinski definition) is 1. The number of nitrogen functional groups attached to an aromatic ring is 1. The average Bonchev–Trinajstić information content (AvgIpc) is 2.58. The lowest BCUT2D eigenvalue weighted by Gasteiger charge is -2.08. The number of halogens is 1. The van der Waals surface area contributed by atoms with E-state index in [1.807, 2.05) is 0 Å². The van der Waals surface area contributed by atoms with Gasteiger partial charge in [0.15, 0.2) is 0 Å². The number of nitrogens with zero attached hydrogens (tertiary/aromatic N) is 2. The second-order valence-corrected chi connectivity index (χ2v) is 3.76. The maximum atomic E-state index is 13.5. The number of anilines is 1. The van der Waals surface area contributed by atoms with Crippen molar-refractivity contribution >= 4 is 22.6 Å².